The van der Waals surface area contributed by atoms with E-state index in [2.05, 4.69) is 6.92 Å². The van der Waals surface area contributed by atoms with Gasteiger partial charge in [0.25, 0.3) is 0 Å². The highest BCUT2D eigenvalue weighted by Crippen LogP contribution is 2.23. The van der Waals surface area contributed by atoms with E-state index in [-0.39, 0.29) is 5.82 Å². The van der Waals surface area contributed by atoms with Gasteiger partial charge in [0.15, 0.2) is 0 Å². The molecule has 22 heavy (non-hydrogen) atoms. The second-order valence-corrected chi connectivity index (χ2v) is 5.65. The largest absolute Gasteiger partial charge is 0.494 e. The van der Waals surface area contributed by atoms with Crippen molar-refractivity contribution in [2.75, 3.05) is 6.61 Å². The average molecular weight is 300 g/mol. The first kappa shape index (κ1) is 16.5. The van der Waals surface area contributed by atoms with Gasteiger partial charge in [0.1, 0.15) is 11.6 Å². The highest BCUT2D eigenvalue weighted by molar-refractivity contribution is 5.64. The first-order chi connectivity index (χ1) is 10.8. The maximum atomic E-state index is 13.2. The molecule has 0 aliphatic carbocycles. The number of hydrogen-bond acceptors (Lipinski definition) is 1. The standard InChI is InChI=1S/C20H25FO/c1-2-3-4-5-6-7-15-22-20-13-11-17(12-14-20)18-9-8-10-19(21)16-18/h8-14,16H,2-7,15H2,1H3. The van der Waals surface area contributed by atoms with Gasteiger partial charge in [0.05, 0.1) is 6.61 Å². The van der Waals surface area contributed by atoms with Crippen LogP contribution in [0.1, 0.15) is 45.4 Å². The summed E-state index contributed by atoms with van der Waals surface area (Å²) < 4.78 is 19.0. The molecule has 0 radical (unpaired) electrons. The van der Waals surface area contributed by atoms with Crippen LogP contribution in [-0.2, 0) is 0 Å². The highest BCUT2D eigenvalue weighted by Gasteiger charge is 2.00. The average Bonchev–Trinajstić information content (AvgIpc) is 2.55. The maximum Gasteiger partial charge on any atom is 0.123 e. The van der Waals surface area contributed by atoms with Gasteiger partial charge in [-0.2, -0.15) is 0 Å². The van der Waals surface area contributed by atoms with Crippen molar-refractivity contribution in [1.82, 2.24) is 0 Å². The molecule has 2 aromatic carbocycles. The van der Waals surface area contributed by atoms with Crippen LogP contribution in [0.2, 0.25) is 0 Å². The molecule has 0 amide bonds. The molecule has 0 aromatic heterocycles. The molecule has 2 aromatic rings. The van der Waals surface area contributed by atoms with E-state index >= 15 is 0 Å². The second-order valence-electron chi connectivity index (χ2n) is 5.65. The van der Waals surface area contributed by atoms with Crippen molar-refractivity contribution < 1.29 is 9.13 Å². The van der Waals surface area contributed by atoms with E-state index < -0.39 is 0 Å². The quantitative estimate of drug-likeness (QED) is 0.499. The molecule has 0 aliphatic rings. The lowest BCUT2D eigenvalue weighted by Crippen LogP contribution is -1.97. The van der Waals surface area contributed by atoms with Gasteiger partial charge < -0.3 is 4.74 Å². The molecular weight excluding hydrogens is 275 g/mol. The number of unbranched alkanes of at least 4 members (excludes halogenated alkanes) is 5. The van der Waals surface area contributed by atoms with Crippen LogP contribution in [0.5, 0.6) is 5.75 Å². The zero-order chi connectivity index (χ0) is 15.6. The summed E-state index contributed by atoms with van der Waals surface area (Å²) in [5.74, 6) is 0.676. The van der Waals surface area contributed by atoms with Gasteiger partial charge in [0.2, 0.25) is 0 Å². The number of rotatable bonds is 9. The molecule has 0 aliphatic heterocycles. The molecule has 2 heteroatoms. The van der Waals surface area contributed by atoms with E-state index in [1.807, 2.05) is 30.3 Å². The third-order valence-electron chi connectivity index (χ3n) is 3.78. The highest BCUT2D eigenvalue weighted by atomic mass is 19.1. The van der Waals surface area contributed by atoms with Crippen LogP contribution in [0, 0.1) is 5.82 Å². The van der Waals surface area contributed by atoms with Crippen LogP contribution in [-0.4, -0.2) is 6.61 Å². The Morgan fingerprint density at radius 3 is 2.27 bits per heavy atom. The van der Waals surface area contributed by atoms with E-state index in [4.69, 9.17) is 4.74 Å². The molecule has 0 fully saturated rings. The Kier molecular flexibility index (Phi) is 6.95. The fraction of sp³-hybridized carbons (Fsp3) is 0.400. The fourth-order valence-corrected chi connectivity index (χ4v) is 2.48. The number of ether oxygens (including phenoxy) is 1. The molecule has 2 rings (SSSR count). The summed E-state index contributed by atoms with van der Waals surface area (Å²) in [6.07, 6.45) is 7.60. The Morgan fingerprint density at radius 1 is 0.818 bits per heavy atom. The zero-order valence-corrected chi connectivity index (χ0v) is 13.4. The van der Waals surface area contributed by atoms with Crippen LogP contribution in [0.3, 0.4) is 0 Å². The van der Waals surface area contributed by atoms with E-state index in [0.29, 0.717) is 0 Å². The normalized spacial score (nSPS) is 10.6. The third-order valence-corrected chi connectivity index (χ3v) is 3.78. The number of hydrogen-bond donors (Lipinski definition) is 0. The van der Waals surface area contributed by atoms with Crippen molar-refractivity contribution in [3.63, 3.8) is 0 Å². The topological polar surface area (TPSA) is 9.23 Å². The predicted molar refractivity (Wildman–Crippen MR) is 90.7 cm³/mol. The minimum absolute atomic E-state index is 0.208. The van der Waals surface area contributed by atoms with Crippen LogP contribution < -0.4 is 4.74 Å². The van der Waals surface area contributed by atoms with Gasteiger partial charge in [-0.25, -0.2) is 4.39 Å². The van der Waals surface area contributed by atoms with Gasteiger partial charge in [-0.1, -0.05) is 63.3 Å². The van der Waals surface area contributed by atoms with Crippen molar-refractivity contribution in [2.24, 2.45) is 0 Å². The molecule has 0 spiro atoms. The maximum absolute atomic E-state index is 13.2. The third kappa shape index (κ3) is 5.51. The molecule has 118 valence electrons. The summed E-state index contributed by atoms with van der Waals surface area (Å²) in [7, 11) is 0. The first-order valence-electron chi connectivity index (χ1n) is 8.28. The van der Waals surface area contributed by atoms with Gasteiger partial charge in [0, 0.05) is 0 Å². The summed E-state index contributed by atoms with van der Waals surface area (Å²) >= 11 is 0. The smallest absolute Gasteiger partial charge is 0.123 e. The second kappa shape index (κ2) is 9.24. The molecular formula is C20H25FO. The molecule has 0 unspecified atom stereocenters. The Morgan fingerprint density at radius 2 is 1.55 bits per heavy atom. The van der Waals surface area contributed by atoms with Gasteiger partial charge in [-0.3, -0.25) is 0 Å². The van der Waals surface area contributed by atoms with Crippen molar-refractivity contribution in [3.8, 4) is 16.9 Å². The molecule has 1 nitrogen and oxygen atoms in total. The Labute approximate surface area is 133 Å². The fourth-order valence-electron chi connectivity index (χ4n) is 2.48. The lowest BCUT2D eigenvalue weighted by molar-refractivity contribution is 0.304. The van der Waals surface area contributed by atoms with Gasteiger partial charge in [-0.05, 0) is 41.8 Å². The van der Waals surface area contributed by atoms with Gasteiger partial charge >= 0.3 is 0 Å². The van der Waals surface area contributed by atoms with E-state index in [1.54, 1.807) is 12.1 Å². The lowest BCUT2D eigenvalue weighted by atomic mass is 10.1. The minimum Gasteiger partial charge on any atom is -0.494 e. The molecule has 0 bridgehead atoms. The monoisotopic (exact) mass is 300 g/mol. The molecule has 0 saturated heterocycles. The molecule has 0 saturated carbocycles. The lowest BCUT2D eigenvalue weighted by Gasteiger charge is -2.07. The summed E-state index contributed by atoms with van der Waals surface area (Å²) in [5.41, 5.74) is 1.90. The number of halogens is 1. The Bertz CT molecular complexity index is 548. The van der Waals surface area contributed by atoms with Crippen LogP contribution in [0.4, 0.5) is 4.39 Å². The molecule has 0 heterocycles. The summed E-state index contributed by atoms with van der Waals surface area (Å²) in [4.78, 5) is 0. The van der Waals surface area contributed by atoms with Crippen molar-refractivity contribution >= 4 is 0 Å². The molecule has 0 N–H and O–H groups in total. The predicted octanol–water partition coefficient (Wildman–Crippen LogP) is 6.23. The summed E-state index contributed by atoms with van der Waals surface area (Å²) in [5, 5.41) is 0. The van der Waals surface area contributed by atoms with E-state index in [0.717, 1.165) is 29.9 Å². The Hall–Kier alpha value is -1.83. The SMILES string of the molecule is CCCCCCCCOc1ccc(-c2cccc(F)c2)cc1. The van der Waals surface area contributed by atoms with E-state index in [1.165, 1.54) is 38.2 Å². The summed E-state index contributed by atoms with van der Waals surface area (Å²) in [6.45, 7) is 3.00. The van der Waals surface area contributed by atoms with E-state index in [9.17, 15) is 4.39 Å². The minimum atomic E-state index is -0.208. The van der Waals surface area contributed by atoms with Crippen LogP contribution in [0.25, 0.3) is 11.1 Å². The van der Waals surface area contributed by atoms with Crippen molar-refractivity contribution in [2.45, 2.75) is 45.4 Å². The van der Waals surface area contributed by atoms with Crippen molar-refractivity contribution in [3.05, 3.63) is 54.3 Å². The summed E-state index contributed by atoms with van der Waals surface area (Å²) in [6, 6.07) is 14.5. The number of benzene rings is 2. The molecule has 0 atom stereocenters. The van der Waals surface area contributed by atoms with Crippen molar-refractivity contribution in [1.29, 1.82) is 0 Å². The Balaban J connectivity index is 1.75. The zero-order valence-electron chi connectivity index (χ0n) is 13.4. The van der Waals surface area contributed by atoms with Gasteiger partial charge in [-0.15, -0.1) is 0 Å². The van der Waals surface area contributed by atoms with Crippen LogP contribution in [0.15, 0.2) is 48.5 Å². The van der Waals surface area contributed by atoms with Crippen LogP contribution >= 0.6 is 0 Å². The first-order valence-corrected chi connectivity index (χ1v) is 8.28.